The minimum atomic E-state index is -0.0643. The van der Waals surface area contributed by atoms with Gasteiger partial charge < -0.3 is 4.74 Å². The lowest BCUT2D eigenvalue weighted by molar-refractivity contribution is 0.102. The van der Waals surface area contributed by atoms with E-state index in [9.17, 15) is 4.79 Å². The zero-order chi connectivity index (χ0) is 22.6. The van der Waals surface area contributed by atoms with Gasteiger partial charge in [-0.25, -0.2) is 4.68 Å². The van der Waals surface area contributed by atoms with Crippen LogP contribution in [-0.4, -0.2) is 21.7 Å². The molecule has 0 saturated heterocycles. The van der Waals surface area contributed by atoms with Crippen molar-refractivity contribution in [3.8, 4) is 5.88 Å². The molecule has 1 atom stereocenters. The molecule has 0 fully saturated rings. The monoisotopic (exact) mass is 430 g/mol. The molecule has 2 rings (SSSR count). The number of ether oxygens (including phenoxy) is 1. The van der Waals surface area contributed by atoms with Crippen LogP contribution in [-0.2, 0) is 6.54 Å². The number of hydrogen-bond acceptors (Lipinski definition) is 3. The largest absolute Gasteiger partial charge is 0.474 e. The van der Waals surface area contributed by atoms with Crippen molar-refractivity contribution < 1.29 is 9.53 Å². The molecule has 5 heteroatoms. The van der Waals surface area contributed by atoms with Crippen LogP contribution in [0.1, 0.15) is 93.5 Å². The van der Waals surface area contributed by atoms with Gasteiger partial charge in [-0.15, -0.1) is 0 Å². The molecule has 30 heavy (non-hydrogen) atoms. The molecule has 0 aliphatic rings. The fourth-order valence-electron chi connectivity index (χ4n) is 3.44. The minimum absolute atomic E-state index is 0.00261. The lowest BCUT2D eigenvalue weighted by Gasteiger charge is -2.17. The van der Waals surface area contributed by atoms with E-state index in [1.165, 1.54) is 5.57 Å². The molecular formula is C25H35ClN2O2. The van der Waals surface area contributed by atoms with Gasteiger partial charge in [-0.3, -0.25) is 4.79 Å². The van der Waals surface area contributed by atoms with Crippen LogP contribution in [0, 0.1) is 13.8 Å². The molecule has 164 valence electrons. The van der Waals surface area contributed by atoms with Crippen molar-refractivity contribution in [3.05, 3.63) is 50.7 Å². The van der Waals surface area contributed by atoms with Crippen molar-refractivity contribution in [2.45, 2.75) is 87.3 Å². The lowest BCUT2D eigenvalue weighted by atomic mass is 9.91. The molecule has 0 spiro atoms. The number of hydrogen-bond donors (Lipinski definition) is 0. The standard InChI is InChI=1S/C25H35ClN2O2/c1-9-11-14-28-25(30-16(5)10-2)23(19(8)27-28)24(29)20-12-13-21(26)22(18(20)7)17(6)15(3)4/h12-13,16H,9-11,14H2,1-8H3. The first-order valence-electron chi connectivity index (χ1n) is 10.9. The molecule has 0 aliphatic heterocycles. The highest BCUT2D eigenvalue weighted by atomic mass is 35.5. The molecule has 1 aromatic heterocycles. The lowest BCUT2D eigenvalue weighted by Crippen LogP contribution is -2.16. The predicted molar refractivity (Wildman–Crippen MR) is 126 cm³/mol. The van der Waals surface area contributed by atoms with Gasteiger partial charge in [-0.2, -0.15) is 5.10 Å². The van der Waals surface area contributed by atoms with E-state index in [1.54, 1.807) is 0 Å². The van der Waals surface area contributed by atoms with Gasteiger partial charge in [0.25, 0.3) is 0 Å². The molecule has 1 aromatic carbocycles. The van der Waals surface area contributed by atoms with Crippen molar-refractivity contribution in [2.24, 2.45) is 0 Å². The Labute approximate surface area is 186 Å². The topological polar surface area (TPSA) is 44.1 Å². The third-order valence-corrected chi connectivity index (χ3v) is 6.02. The van der Waals surface area contributed by atoms with E-state index in [0.29, 0.717) is 27.7 Å². The smallest absolute Gasteiger partial charge is 0.223 e. The molecule has 1 unspecified atom stereocenters. The van der Waals surface area contributed by atoms with E-state index >= 15 is 0 Å². The van der Waals surface area contributed by atoms with Crippen LogP contribution >= 0.6 is 11.6 Å². The highest BCUT2D eigenvalue weighted by Crippen LogP contribution is 2.34. The third kappa shape index (κ3) is 4.97. The number of unbranched alkanes of at least 4 members (excludes halogenated alkanes) is 1. The van der Waals surface area contributed by atoms with Crippen molar-refractivity contribution >= 4 is 23.0 Å². The number of benzene rings is 1. The van der Waals surface area contributed by atoms with E-state index in [0.717, 1.165) is 42.5 Å². The summed E-state index contributed by atoms with van der Waals surface area (Å²) in [6.07, 6.45) is 2.89. The summed E-state index contributed by atoms with van der Waals surface area (Å²) in [5.41, 5.74) is 5.99. The van der Waals surface area contributed by atoms with Crippen LogP contribution in [0.4, 0.5) is 0 Å². The molecule has 0 N–H and O–H groups in total. The van der Waals surface area contributed by atoms with Gasteiger partial charge in [-0.1, -0.05) is 37.4 Å². The van der Waals surface area contributed by atoms with Gasteiger partial charge in [0.1, 0.15) is 5.56 Å². The third-order valence-electron chi connectivity index (χ3n) is 5.70. The molecule has 2 aromatic rings. The van der Waals surface area contributed by atoms with E-state index in [4.69, 9.17) is 16.3 Å². The number of halogens is 1. The van der Waals surface area contributed by atoms with Gasteiger partial charge >= 0.3 is 0 Å². The summed E-state index contributed by atoms with van der Waals surface area (Å²) in [6, 6.07) is 3.63. The second-order valence-corrected chi connectivity index (χ2v) is 8.64. The molecule has 0 radical (unpaired) electrons. The first kappa shape index (κ1) is 24.2. The number of allylic oxidation sites excluding steroid dienone is 2. The molecule has 1 heterocycles. The Hall–Kier alpha value is -2.07. The van der Waals surface area contributed by atoms with Gasteiger partial charge in [0, 0.05) is 17.1 Å². The summed E-state index contributed by atoms with van der Waals surface area (Å²) in [4.78, 5) is 13.7. The van der Waals surface area contributed by atoms with Crippen LogP contribution in [0.3, 0.4) is 0 Å². The summed E-state index contributed by atoms with van der Waals surface area (Å²) in [5.74, 6) is 0.515. The Morgan fingerprint density at radius 1 is 1.17 bits per heavy atom. The van der Waals surface area contributed by atoms with Crippen LogP contribution < -0.4 is 4.74 Å². The van der Waals surface area contributed by atoms with Crippen molar-refractivity contribution in [1.29, 1.82) is 0 Å². The molecule has 0 aliphatic carbocycles. The summed E-state index contributed by atoms with van der Waals surface area (Å²) < 4.78 is 8.06. The van der Waals surface area contributed by atoms with Crippen LogP contribution in [0.2, 0.25) is 5.02 Å². The molecule has 4 nitrogen and oxygen atoms in total. The van der Waals surface area contributed by atoms with Crippen LogP contribution in [0.25, 0.3) is 5.57 Å². The zero-order valence-corrected chi connectivity index (χ0v) is 20.4. The fraction of sp³-hybridized carbons (Fsp3) is 0.520. The predicted octanol–water partition coefficient (Wildman–Crippen LogP) is 7.18. The highest BCUT2D eigenvalue weighted by Gasteiger charge is 2.27. The summed E-state index contributed by atoms with van der Waals surface area (Å²) in [7, 11) is 0. The Balaban J connectivity index is 2.65. The molecule has 0 saturated carbocycles. The quantitative estimate of drug-likeness (QED) is 0.396. The van der Waals surface area contributed by atoms with Gasteiger partial charge in [0.2, 0.25) is 11.7 Å². The number of carbonyl (C=O) groups excluding carboxylic acids is 1. The maximum absolute atomic E-state index is 13.7. The second kappa shape index (κ2) is 10.3. The normalized spacial score (nSPS) is 12.0. The van der Waals surface area contributed by atoms with Gasteiger partial charge in [0.15, 0.2) is 0 Å². The van der Waals surface area contributed by atoms with Crippen molar-refractivity contribution in [2.75, 3.05) is 0 Å². The number of rotatable bonds is 9. The van der Waals surface area contributed by atoms with E-state index in [2.05, 4.69) is 32.8 Å². The fourth-order valence-corrected chi connectivity index (χ4v) is 3.79. The number of aromatic nitrogens is 2. The van der Waals surface area contributed by atoms with Crippen molar-refractivity contribution in [1.82, 2.24) is 9.78 Å². The van der Waals surface area contributed by atoms with E-state index in [-0.39, 0.29) is 11.9 Å². The number of aryl methyl sites for hydroxylation is 2. The van der Waals surface area contributed by atoms with Gasteiger partial charge in [0.05, 0.1) is 11.8 Å². The Bertz CT molecular complexity index is 953. The van der Waals surface area contributed by atoms with Gasteiger partial charge in [-0.05, 0) is 83.2 Å². The van der Waals surface area contributed by atoms with E-state index < -0.39 is 0 Å². The molecule has 0 amide bonds. The summed E-state index contributed by atoms with van der Waals surface area (Å²) in [5, 5.41) is 5.31. The molecule has 0 bridgehead atoms. The number of carbonyl (C=O) groups is 1. The van der Waals surface area contributed by atoms with E-state index in [1.807, 2.05) is 44.5 Å². The first-order chi connectivity index (χ1) is 14.1. The SMILES string of the molecule is CCCCn1nc(C)c(C(=O)c2ccc(Cl)c(C(C)=C(C)C)c2C)c1OC(C)CC. The number of nitrogens with zero attached hydrogens (tertiary/aromatic N) is 2. The van der Waals surface area contributed by atoms with Crippen LogP contribution in [0.15, 0.2) is 17.7 Å². The number of ketones is 1. The Morgan fingerprint density at radius 3 is 2.40 bits per heavy atom. The van der Waals surface area contributed by atoms with Crippen LogP contribution in [0.5, 0.6) is 5.88 Å². The highest BCUT2D eigenvalue weighted by molar-refractivity contribution is 6.32. The van der Waals surface area contributed by atoms with Crippen molar-refractivity contribution in [3.63, 3.8) is 0 Å². The Kier molecular flexibility index (Phi) is 8.31. The Morgan fingerprint density at radius 2 is 1.83 bits per heavy atom. The average Bonchev–Trinajstić information content (AvgIpc) is 3.00. The molecular weight excluding hydrogens is 396 g/mol. The average molecular weight is 431 g/mol. The first-order valence-corrected chi connectivity index (χ1v) is 11.2. The maximum Gasteiger partial charge on any atom is 0.223 e. The second-order valence-electron chi connectivity index (χ2n) is 8.23. The zero-order valence-electron chi connectivity index (χ0n) is 19.6. The summed E-state index contributed by atoms with van der Waals surface area (Å²) in [6.45, 7) is 17.0. The minimum Gasteiger partial charge on any atom is -0.474 e. The summed E-state index contributed by atoms with van der Waals surface area (Å²) >= 11 is 6.52. The maximum atomic E-state index is 13.7.